The van der Waals surface area contributed by atoms with Gasteiger partial charge in [-0.25, -0.2) is 8.42 Å². The molecule has 4 rings (SSSR count). The third kappa shape index (κ3) is 3.94. The van der Waals surface area contributed by atoms with Crippen LogP contribution < -0.4 is 4.90 Å². The minimum Gasteiger partial charge on any atom is -0.368 e. The summed E-state index contributed by atoms with van der Waals surface area (Å²) in [7, 11) is -3.49. The number of benzene rings is 1. The van der Waals surface area contributed by atoms with Crippen molar-refractivity contribution in [1.29, 1.82) is 0 Å². The summed E-state index contributed by atoms with van der Waals surface area (Å²) in [6, 6.07) is 13.6. The zero-order valence-electron chi connectivity index (χ0n) is 15.7. The number of carbonyl (C=O) groups is 1. The Labute approximate surface area is 170 Å². The molecule has 0 N–H and O–H groups in total. The Bertz CT molecular complexity index is 892. The molecule has 150 valence electrons. The molecule has 6 nitrogen and oxygen atoms in total. The Morgan fingerprint density at radius 1 is 0.964 bits per heavy atom. The van der Waals surface area contributed by atoms with Crippen LogP contribution >= 0.6 is 11.3 Å². The van der Waals surface area contributed by atoms with Crippen LogP contribution in [0.2, 0.25) is 0 Å². The van der Waals surface area contributed by atoms with Crippen LogP contribution in [0.3, 0.4) is 0 Å². The Morgan fingerprint density at radius 3 is 2.39 bits per heavy atom. The number of anilines is 1. The van der Waals surface area contributed by atoms with Crippen molar-refractivity contribution >= 4 is 33.0 Å². The molecule has 0 saturated carbocycles. The average molecular weight is 420 g/mol. The standard InChI is InChI=1S/C20H25N3O3S2/c24-20(22-13-11-21(12-14-22)18-7-2-1-3-8-18)17-6-4-10-23(16-17)28(25,26)19-9-5-15-27-19/h1-3,5,7-9,15,17H,4,6,10-14,16H2/t17-/m1/s1. The molecule has 1 amide bonds. The molecule has 2 aliphatic rings. The quantitative estimate of drug-likeness (QED) is 0.764. The van der Waals surface area contributed by atoms with E-state index in [0.29, 0.717) is 23.8 Å². The summed E-state index contributed by atoms with van der Waals surface area (Å²) in [5, 5.41) is 1.77. The zero-order chi connectivity index (χ0) is 19.6. The number of piperazine rings is 1. The van der Waals surface area contributed by atoms with E-state index in [-0.39, 0.29) is 18.4 Å². The van der Waals surface area contributed by atoms with Crippen LogP contribution in [0.15, 0.2) is 52.1 Å². The number of hydrogen-bond donors (Lipinski definition) is 0. The maximum absolute atomic E-state index is 13.0. The van der Waals surface area contributed by atoms with Gasteiger partial charge in [0.15, 0.2) is 0 Å². The molecular weight excluding hydrogens is 394 g/mol. The molecule has 0 bridgehead atoms. The van der Waals surface area contributed by atoms with E-state index in [1.54, 1.807) is 17.5 Å². The number of rotatable bonds is 4. The second-order valence-corrected chi connectivity index (χ2v) is 10.4. The monoisotopic (exact) mass is 419 g/mol. The molecule has 1 aromatic carbocycles. The molecule has 0 unspecified atom stereocenters. The van der Waals surface area contributed by atoms with Crippen LogP contribution in [-0.2, 0) is 14.8 Å². The van der Waals surface area contributed by atoms with E-state index in [4.69, 9.17) is 0 Å². The largest absolute Gasteiger partial charge is 0.368 e. The maximum Gasteiger partial charge on any atom is 0.252 e. The zero-order valence-corrected chi connectivity index (χ0v) is 17.4. The number of sulfonamides is 1. The van der Waals surface area contributed by atoms with Gasteiger partial charge >= 0.3 is 0 Å². The van der Waals surface area contributed by atoms with E-state index in [0.717, 1.165) is 25.9 Å². The number of nitrogens with zero attached hydrogens (tertiary/aromatic N) is 3. The Hall–Kier alpha value is -1.90. The van der Waals surface area contributed by atoms with Gasteiger partial charge in [-0.05, 0) is 36.4 Å². The average Bonchev–Trinajstić information content (AvgIpc) is 3.30. The topological polar surface area (TPSA) is 60.9 Å². The number of carbonyl (C=O) groups excluding carboxylic acids is 1. The van der Waals surface area contributed by atoms with E-state index >= 15 is 0 Å². The van der Waals surface area contributed by atoms with Gasteiger partial charge in [-0.2, -0.15) is 4.31 Å². The summed E-state index contributed by atoms with van der Waals surface area (Å²) < 4.78 is 27.4. The van der Waals surface area contributed by atoms with Crippen molar-refractivity contribution < 1.29 is 13.2 Å². The van der Waals surface area contributed by atoms with Crippen molar-refractivity contribution in [2.75, 3.05) is 44.2 Å². The van der Waals surface area contributed by atoms with Gasteiger partial charge in [0, 0.05) is 45.0 Å². The van der Waals surface area contributed by atoms with Crippen LogP contribution in [-0.4, -0.2) is 62.8 Å². The summed E-state index contributed by atoms with van der Waals surface area (Å²) in [5.41, 5.74) is 1.18. The molecule has 0 spiro atoms. The lowest BCUT2D eigenvalue weighted by Gasteiger charge is -2.39. The third-order valence-electron chi connectivity index (χ3n) is 5.54. The number of hydrogen-bond acceptors (Lipinski definition) is 5. The van der Waals surface area contributed by atoms with Gasteiger partial charge in [-0.3, -0.25) is 4.79 Å². The smallest absolute Gasteiger partial charge is 0.252 e. The van der Waals surface area contributed by atoms with Crippen LogP contribution in [0, 0.1) is 5.92 Å². The summed E-state index contributed by atoms with van der Waals surface area (Å²) in [6.45, 7) is 3.76. The minimum atomic E-state index is -3.49. The molecule has 2 aliphatic heterocycles. The fourth-order valence-electron chi connectivity index (χ4n) is 3.98. The highest BCUT2D eigenvalue weighted by atomic mass is 32.2. The Balaban J connectivity index is 1.37. The first kappa shape index (κ1) is 19.4. The molecule has 0 aliphatic carbocycles. The summed E-state index contributed by atoms with van der Waals surface area (Å²) in [6.07, 6.45) is 1.49. The third-order valence-corrected chi connectivity index (χ3v) is 8.77. The fourth-order valence-corrected chi connectivity index (χ4v) is 6.65. The van der Waals surface area contributed by atoms with Gasteiger partial charge < -0.3 is 9.80 Å². The van der Waals surface area contributed by atoms with E-state index in [9.17, 15) is 13.2 Å². The van der Waals surface area contributed by atoms with E-state index in [2.05, 4.69) is 17.0 Å². The lowest BCUT2D eigenvalue weighted by molar-refractivity contribution is -0.137. The first-order valence-corrected chi connectivity index (χ1v) is 12.0. The van der Waals surface area contributed by atoms with E-state index < -0.39 is 10.0 Å². The highest BCUT2D eigenvalue weighted by Gasteiger charge is 2.36. The Morgan fingerprint density at radius 2 is 1.71 bits per heavy atom. The molecule has 2 saturated heterocycles. The molecule has 28 heavy (non-hydrogen) atoms. The minimum absolute atomic E-state index is 0.0961. The second kappa shape index (κ2) is 8.23. The lowest BCUT2D eigenvalue weighted by Crippen LogP contribution is -2.53. The van der Waals surface area contributed by atoms with Crippen molar-refractivity contribution in [3.63, 3.8) is 0 Å². The van der Waals surface area contributed by atoms with Crippen LogP contribution in [0.1, 0.15) is 12.8 Å². The summed E-state index contributed by atoms with van der Waals surface area (Å²) in [5.74, 6) is -0.148. The number of amides is 1. The van der Waals surface area contributed by atoms with Crippen molar-refractivity contribution in [1.82, 2.24) is 9.21 Å². The first-order chi connectivity index (χ1) is 13.6. The lowest BCUT2D eigenvalue weighted by atomic mass is 9.97. The molecule has 8 heteroatoms. The summed E-state index contributed by atoms with van der Waals surface area (Å²) >= 11 is 1.23. The van der Waals surface area contributed by atoms with Gasteiger partial charge in [0.2, 0.25) is 5.91 Å². The van der Waals surface area contributed by atoms with Crippen molar-refractivity contribution in [3.8, 4) is 0 Å². The van der Waals surface area contributed by atoms with Gasteiger partial charge in [0.1, 0.15) is 4.21 Å². The van der Waals surface area contributed by atoms with Crippen LogP contribution in [0.5, 0.6) is 0 Å². The maximum atomic E-state index is 13.0. The van der Waals surface area contributed by atoms with Crippen molar-refractivity contribution in [2.24, 2.45) is 5.92 Å². The Kier molecular flexibility index (Phi) is 5.70. The summed E-state index contributed by atoms with van der Waals surface area (Å²) in [4.78, 5) is 17.2. The molecule has 0 radical (unpaired) electrons. The van der Waals surface area contributed by atoms with Crippen molar-refractivity contribution in [3.05, 3.63) is 47.8 Å². The molecule has 1 aromatic heterocycles. The second-order valence-electron chi connectivity index (χ2n) is 7.28. The molecule has 3 heterocycles. The predicted molar refractivity (Wildman–Crippen MR) is 111 cm³/mol. The van der Waals surface area contributed by atoms with E-state index in [1.807, 2.05) is 23.1 Å². The number of para-hydroxylation sites is 1. The molecule has 2 aromatic rings. The van der Waals surface area contributed by atoms with Crippen molar-refractivity contribution in [2.45, 2.75) is 17.1 Å². The van der Waals surface area contributed by atoms with Crippen LogP contribution in [0.4, 0.5) is 5.69 Å². The highest BCUT2D eigenvalue weighted by Crippen LogP contribution is 2.27. The predicted octanol–water partition coefficient (Wildman–Crippen LogP) is 2.50. The molecule has 2 fully saturated rings. The number of thiophene rings is 1. The first-order valence-electron chi connectivity index (χ1n) is 9.68. The SMILES string of the molecule is O=C([C@@H]1CCCN(S(=O)(=O)c2cccs2)C1)N1CCN(c2ccccc2)CC1. The van der Waals surface area contributed by atoms with Gasteiger partial charge in [0.05, 0.1) is 5.92 Å². The highest BCUT2D eigenvalue weighted by molar-refractivity contribution is 7.91. The van der Waals surface area contributed by atoms with Gasteiger partial charge in [-0.1, -0.05) is 24.3 Å². The van der Waals surface area contributed by atoms with Gasteiger partial charge in [-0.15, -0.1) is 11.3 Å². The molecular formula is C20H25N3O3S2. The number of piperidine rings is 1. The molecule has 1 atom stereocenters. The van der Waals surface area contributed by atoms with Crippen LogP contribution in [0.25, 0.3) is 0 Å². The van der Waals surface area contributed by atoms with Gasteiger partial charge in [0.25, 0.3) is 10.0 Å². The normalized spacial score (nSPS) is 21.6. The van der Waals surface area contributed by atoms with E-state index in [1.165, 1.54) is 21.3 Å². The fraction of sp³-hybridized carbons (Fsp3) is 0.450.